The smallest absolute Gasteiger partial charge is 0.343 e. The summed E-state index contributed by atoms with van der Waals surface area (Å²) in [5, 5.41) is 7.00. The average molecular weight is 468 g/mol. The van der Waals surface area contributed by atoms with E-state index in [1.54, 1.807) is 16.8 Å². The van der Waals surface area contributed by atoms with Crippen molar-refractivity contribution >= 4 is 28.6 Å². The van der Waals surface area contributed by atoms with Crippen molar-refractivity contribution in [2.45, 2.75) is 32.9 Å². The zero-order chi connectivity index (χ0) is 23.8. The second-order valence-corrected chi connectivity index (χ2v) is 9.21. The van der Waals surface area contributed by atoms with Gasteiger partial charge in [0, 0.05) is 39.2 Å². The summed E-state index contributed by atoms with van der Waals surface area (Å²) in [6, 6.07) is 8.38. The number of hydrogen-bond acceptors (Lipinski definition) is 6. The van der Waals surface area contributed by atoms with E-state index in [0.717, 1.165) is 33.5 Å². The molecule has 33 heavy (non-hydrogen) atoms. The van der Waals surface area contributed by atoms with Gasteiger partial charge in [0.1, 0.15) is 29.5 Å². The molecule has 0 aliphatic carbocycles. The normalized spacial score (nSPS) is 14.1. The Labute approximate surface area is 196 Å². The third-order valence-electron chi connectivity index (χ3n) is 5.61. The van der Waals surface area contributed by atoms with Crippen LogP contribution in [0.1, 0.15) is 42.3 Å². The molecule has 0 bridgehead atoms. The van der Waals surface area contributed by atoms with E-state index in [9.17, 15) is 9.18 Å². The fourth-order valence-electron chi connectivity index (χ4n) is 4.30. The van der Waals surface area contributed by atoms with E-state index in [4.69, 9.17) is 14.2 Å². The van der Waals surface area contributed by atoms with Crippen LogP contribution in [0, 0.1) is 5.82 Å². The highest BCUT2D eigenvalue weighted by Gasteiger charge is 2.27. The second kappa shape index (κ2) is 8.90. The van der Waals surface area contributed by atoms with Gasteiger partial charge in [-0.15, -0.1) is 11.3 Å². The van der Waals surface area contributed by atoms with E-state index < -0.39 is 5.97 Å². The molecule has 0 radical (unpaired) electrons. The minimum absolute atomic E-state index is 0.0319. The molecule has 0 saturated heterocycles. The molecule has 2 aromatic carbocycles. The van der Waals surface area contributed by atoms with Crippen molar-refractivity contribution in [3.8, 4) is 22.6 Å². The highest BCUT2D eigenvalue weighted by molar-refractivity contribution is 7.08. The second-order valence-electron chi connectivity index (χ2n) is 8.46. The predicted molar refractivity (Wildman–Crippen MR) is 130 cm³/mol. The Morgan fingerprint density at radius 2 is 1.79 bits per heavy atom. The van der Waals surface area contributed by atoms with Crippen LogP contribution in [0.2, 0.25) is 0 Å². The molecule has 5 nitrogen and oxygen atoms in total. The minimum atomic E-state index is -0.464. The van der Waals surface area contributed by atoms with Crippen molar-refractivity contribution in [1.29, 1.82) is 0 Å². The van der Waals surface area contributed by atoms with Gasteiger partial charge >= 0.3 is 5.97 Å². The number of esters is 1. The van der Waals surface area contributed by atoms with Crippen LogP contribution >= 0.6 is 11.3 Å². The lowest BCUT2D eigenvalue weighted by atomic mass is 9.85. The number of nitrogens with one attached hydrogen (secondary N) is 1. The first-order chi connectivity index (χ1) is 15.7. The highest BCUT2D eigenvalue weighted by atomic mass is 32.1. The number of carbonyl (C=O) groups excluding carboxylic acids is 1. The van der Waals surface area contributed by atoms with Gasteiger partial charge in [0.25, 0.3) is 0 Å². The topological polar surface area (TPSA) is 56.8 Å². The molecule has 0 fully saturated rings. The lowest BCUT2D eigenvalue weighted by molar-refractivity contribution is 0.0470. The van der Waals surface area contributed by atoms with Crippen LogP contribution in [0.5, 0.6) is 11.5 Å². The number of allylic oxidation sites excluding steroid dienone is 1. The van der Waals surface area contributed by atoms with Gasteiger partial charge in [0.15, 0.2) is 0 Å². The van der Waals surface area contributed by atoms with E-state index in [-0.39, 0.29) is 18.0 Å². The maximum absolute atomic E-state index is 13.9. The van der Waals surface area contributed by atoms with Crippen molar-refractivity contribution in [3.05, 3.63) is 69.7 Å². The fourth-order valence-corrected chi connectivity index (χ4v) is 5.06. The molecule has 0 atom stereocenters. The quantitative estimate of drug-likeness (QED) is 0.418. The molecule has 172 valence electrons. The molecule has 0 saturated carbocycles. The Balaban J connectivity index is 1.82. The van der Waals surface area contributed by atoms with Gasteiger partial charge in [0.05, 0.1) is 19.8 Å². The number of fused-ring (bicyclic) bond motifs is 1. The molecular formula is C26H26FNO4S. The molecular weight excluding hydrogens is 441 g/mol. The number of thiophene rings is 1. The van der Waals surface area contributed by atoms with Crippen LogP contribution in [-0.4, -0.2) is 25.7 Å². The number of carbonyl (C=O) groups is 1. The molecule has 0 unspecified atom stereocenters. The summed E-state index contributed by atoms with van der Waals surface area (Å²) in [5.74, 6) is 0.0480. The molecule has 4 rings (SSSR count). The van der Waals surface area contributed by atoms with E-state index >= 15 is 0 Å². The molecule has 0 spiro atoms. The van der Waals surface area contributed by atoms with E-state index in [1.165, 1.54) is 37.7 Å². The molecule has 1 aliphatic heterocycles. The molecule has 3 aromatic rings. The third kappa shape index (κ3) is 4.46. The van der Waals surface area contributed by atoms with Crippen LogP contribution in [0.25, 0.3) is 16.7 Å². The summed E-state index contributed by atoms with van der Waals surface area (Å²) in [7, 11) is 3.03. The number of rotatable bonds is 6. The summed E-state index contributed by atoms with van der Waals surface area (Å²) < 4.78 is 30.4. The monoisotopic (exact) mass is 467 g/mol. The number of anilines is 1. The molecule has 0 amide bonds. The first-order valence-corrected chi connectivity index (χ1v) is 11.4. The van der Waals surface area contributed by atoms with Gasteiger partial charge in [-0.3, -0.25) is 0 Å². The average Bonchev–Trinajstić information content (AvgIpc) is 3.25. The Kier molecular flexibility index (Phi) is 6.17. The van der Waals surface area contributed by atoms with E-state index in [2.05, 4.69) is 25.2 Å². The van der Waals surface area contributed by atoms with Crippen molar-refractivity contribution in [2.75, 3.05) is 19.5 Å². The van der Waals surface area contributed by atoms with Crippen molar-refractivity contribution in [3.63, 3.8) is 0 Å². The van der Waals surface area contributed by atoms with Crippen molar-refractivity contribution in [1.82, 2.24) is 0 Å². The van der Waals surface area contributed by atoms with Crippen molar-refractivity contribution in [2.24, 2.45) is 0 Å². The van der Waals surface area contributed by atoms with Crippen LogP contribution in [0.3, 0.4) is 0 Å². The Morgan fingerprint density at radius 3 is 2.52 bits per heavy atom. The van der Waals surface area contributed by atoms with Gasteiger partial charge in [0.2, 0.25) is 0 Å². The van der Waals surface area contributed by atoms with E-state index in [0.29, 0.717) is 17.1 Å². The number of halogens is 1. The van der Waals surface area contributed by atoms with Gasteiger partial charge in [-0.05, 0) is 50.1 Å². The summed E-state index contributed by atoms with van der Waals surface area (Å²) in [4.78, 5) is 12.8. The van der Waals surface area contributed by atoms with Gasteiger partial charge in [-0.25, -0.2) is 9.18 Å². The molecule has 1 aromatic heterocycles. The third-order valence-corrected chi connectivity index (χ3v) is 6.33. The summed E-state index contributed by atoms with van der Waals surface area (Å²) >= 11 is 1.37. The molecule has 7 heteroatoms. The van der Waals surface area contributed by atoms with Crippen molar-refractivity contribution < 1.29 is 23.4 Å². The number of hydrogen-bond donors (Lipinski definition) is 1. The fraction of sp³-hybridized carbons (Fsp3) is 0.269. The maximum Gasteiger partial charge on any atom is 0.343 e. The zero-order valence-corrected chi connectivity index (χ0v) is 20.1. The Bertz CT molecular complexity index is 1250. The number of methoxy groups -OCH3 is 2. The van der Waals surface area contributed by atoms with Gasteiger partial charge < -0.3 is 19.5 Å². The van der Waals surface area contributed by atoms with Gasteiger partial charge in [-0.2, -0.15) is 0 Å². The number of benzene rings is 2. The summed E-state index contributed by atoms with van der Waals surface area (Å²) in [6.07, 6.45) is 2.15. The van der Waals surface area contributed by atoms with Gasteiger partial charge in [-0.1, -0.05) is 12.1 Å². The minimum Gasteiger partial charge on any atom is -0.496 e. The first kappa shape index (κ1) is 22.9. The lowest BCUT2D eigenvalue weighted by Crippen LogP contribution is -2.32. The maximum atomic E-state index is 13.9. The Morgan fingerprint density at radius 1 is 1.06 bits per heavy atom. The van der Waals surface area contributed by atoms with E-state index in [1.807, 2.05) is 19.1 Å². The largest absolute Gasteiger partial charge is 0.496 e. The molecule has 1 N–H and O–H groups in total. The zero-order valence-electron chi connectivity index (χ0n) is 19.2. The van der Waals surface area contributed by atoms with Crippen LogP contribution in [0.15, 0.2) is 47.2 Å². The predicted octanol–water partition coefficient (Wildman–Crippen LogP) is 6.54. The number of ether oxygens (including phenoxy) is 3. The van der Waals surface area contributed by atoms with Crippen LogP contribution in [-0.2, 0) is 11.3 Å². The van der Waals surface area contributed by atoms with Crippen LogP contribution in [0.4, 0.5) is 10.1 Å². The standard InChI is InChI=1S/C26H26FNO4S/c1-15-11-26(2,3)28-21-9-8-17(18-7-6-16(27)10-22(18)30-4)19(24(15)21)12-32-25(29)20-13-33-14-23(20)31-5/h6-11,13-14,28H,12H2,1-5H3. The first-order valence-electron chi connectivity index (χ1n) is 10.5. The lowest BCUT2D eigenvalue weighted by Gasteiger charge is -2.33. The Hall–Kier alpha value is -3.32. The highest BCUT2D eigenvalue weighted by Crippen LogP contribution is 2.43. The summed E-state index contributed by atoms with van der Waals surface area (Å²) in [5.41, 5.74) is 5.49. The SMILES string of the molecule is COc1cscc1C(=O)OCc1c(-c2ccc(F)cc2OC)ccc2c1C(C)=CC(C)(C)N2. The molecule has 1 aliphatic rings. The molecule has 2 heterocycles. The summed E-state index contributed by atoms with van der Waals surface area (Å²) in [6.45, 7) is 6.27. The van der Waals surface area contributed by atoms with Crippen LogP contribution < -0.4 is 14.8 Å².